The zero-order chi connectivity index (χ0) is 16.7. The quantitative estimate of drug-likeness (QED) is 0.849. The Balaban J connectivity index is 1.40. The van der Waals surface area contributed by atoms with E-state index in [4.69, 9.17) is 4.42 Å². The molecular formula is C16H22N6O2. The molecule has 0 radical (unpaired) electrons. The number of rotatable bonds is 4. The normalized spacial score (nSPS) is 22.1. The highest BCUT2D eigenvalue weighted by Gasteiger charge is 2.29. The number of carbonyl (C=O) groups is 1. The van der Waals surface area contributed by atoms with E-state index in [9.17, 15) is 4.79 Å². The molecule has 24 heavy (non-hydrogen) atoms. The molecule has 0 bridgehead atoms. The van der Waals surface area contributed by atoms with Gasteiger partial charge in [0.2, 0.25) is 0 Å². The maximum absolute atomic E-state index is 12.1. The van der Waals surface area contributed by atoms with Crippen molar-refractivity contribution in [3.63, 3.8) is 0 Å². The lowest BCUT2D eigenvalue weighted by molar-refractivity contribution is 0.229. The summed E-state index contributed by atoms with van der Waals surface area (Å²) < 4.78 is 7.26. The minimum absolute atomic E-state index is 0.0454. The number of nitrogens with zero attached hydrogens (tertiary/aromatic N) is 6. The van der Waals surface area contributed by atoms with E-state index >= 15 is 0 Å². The van der Waals surface area contributed by atoms with Crippen molar-refractivity contribution in [2.45, 2.75) is 25.9 Å². The zero-order valence-electron chi connectivity index (χ0n) is 14.1. The topological polar surface area (TPSA) is 70.6 Å². The summed E-state index contributed by atoms with van der Waals surface area (Å²) in [6.45, 7) is 6.09. The second kappa shape index (κ2) is 5.94. The van der Waals surface area contributed by atoms with Crippen molar-refractivity contribution in [2.24, 2.45) is 0 Å². The van der Waals surface area contributed by atoms with E-state index < -0.39 is 0 Å². The van der Waals surface area contributed by atoms with Crippen LogP contribution in [0.3, 0.4) is 0 Å². The van der Waals surface area contributed by atoms with Crippen LogP contribution in [0.2, 0.25) is 0 Å². The summed E-state index contributed by atoms with van der Waals surface area (Å²) in [6, 6.07) is 0.381. The van der Waals surface area contributed by atoms with Crippen LogP contribution in [0.5, 0.6) is 0 Å². The van der Waals surface area contributed by atoms with Crippen molar-refractivity contribution < 1.29 is 9.21 Å². The number of anilines is 1. The Morgan fingerprint density at radius 3 is 2.92 bits per heavy atom. The Bertz CT molecular complexity index is 739. The number of oxazole rings is 1. The minimum atomic E-state index is 0.0454. The molecule has 4 heterocycles. The van der Waals surface area contributed by atoms with Gasteiger partial charge in [0.05, 0.1) is 23.6 Å². The lowest BCUT2D eigenvalue weighted by Gasteiger charge is -2.15. The van der Waals surface area contributed by atoms with Crippen LogP contribution >= 0.6 is 0 Å². The number of urea groups is 1. The van der Waals surface area contributed by atoms with E-state index in [2.05, 4.69) is 15.0 Å². The molecule has 2 fully saturated rings. The second-order valence-corrected chi connectivity index (χ2v) is 6.57. The van der Waals surface area contributed by atoms with Crippen LogP contribution in [0, 0.1) is 6.92 Å². The molecule has 8 heteroatoms. The molecule has 8 nitrogen and oxygen atoms in total. The van der Waals surface area contributed by atoms with Gasteiger partial charge in [-0.3, -0.25) is 14.5 Å². The van der Waals surface area contributed by atoms with Crippen LogP contribution in [0.25, 0.3) is 0 Å². The average Bonchev–Trinajstić information content (AvgIpc) is 3.31. The minimum Gasteiger partial charge on any atom is -0.449 e. The van der Waals surface area contributed by atoms with E-state index in [1.165, 1.54) is 0 Å². The highest BCUT2D eigenvalue weighted by molar-refractivity contribution is 5.93. The Kier molecular flexibility index (Phi) is 3.76. The monoisotopic (exact) mass is 330 g/mol. The first-order chi connectivity index (χ1) is 11.6. The van der Waals surface area contributed by atoms with Crippen LogP contribution in [0.1, 0.15) is 24.0 Å². The summed E-state index contributed by atoms with van der Waals surface area (Å²) in [5.74, 6) is 0.706. The van der Waals surface area contributed by atoms with Crippen molar-refractivity contribution in [3.8, 4) is 0 Å². The molecule has 0 aromatic carbocycles. The Morgan fingerprint density at radius 2 is 2.21 bits per heavy atom. The fraction of sp³-hybridized carbons (Fsp3) is 0.562. The Hall–Kier alpha value is -2.35. The number of hydrogen-bond acceptors (Lipinski definition) is 5. The molecule has 0 aliphatic carbocycles. The fourth-order valence-electron chi connectivity index (χ4n) is 3.44. The number of aryl methyl sites for hydroxylation is 1. The molecule has 0 saturated carbocycles. The third-order valence-corrected chi connectivity index (χ3v) is 4.79. The summed E-state index contributed by atoms with van der Waals surface area (Å²) in [6.07, 6.45) is 6.56. The molecule has 1 atom stereocenters. The molecule has 2 aliphatic rings. The molecule has 2 aromatic rings. The molecule has 1 unspecified atom stereocenters. The van der Waals surface area contributed by atoms with E-state index in [1.807, 2.05) is 24.9 Å². The summed E-state index contributed by atoms with van der Waals surface area (Å²) in [5, 5.41) is 4.49. The predicted octanol–water partition coefficient (Wildman–Crippen LogP) is 1.50. The van der Waals surface area contributed by atoms with Gasteiger partial charge in [-0.2, -0.15) is 5.10 Å². The lowest BCUT2D eigenvalue weighted by atomic mass is 10.3. The van der Waals surface area contributed by atoms with Crippen molar-refractivity contribution in [1.29, 1.82) is 0 Å². The van der Waals surface area contributed by atoms with Gasteiger partial charge in [0, 0.05) is 52.9 Å². The van der Waals surface area contributed by atoms with Crippen LogP contribution in [-0.2, 0) is 6.54 Å². The Labute approximate surface area is 140 Å². The van der Waals surface area contributed by atoms with Gasteiger partial charge in [0.15, 0.2) is 5.89 Å². The van der Waals surface area contributed by atoms with Crippen molar-refractivity contribution in [2.75, 3.05) is 38.1 Å². The first-order valence-electron chi connectivity index (χ1n) is 8.30. The maximum atomic E-state index is 12.1. The molecule has 2 aliphatic heterocycles. The molecule has 2 aromatic heterocycles. The summed E-state index contributed by atoms with van der Waals surface area (Å²) in [5.41, 5.74) is 1.86. The molecule has 2 amide bonds. The third kappa shape index (κ3) is 2.77. The van der Waals surface area contributed by atoms with Gasteiger partial charge in [-0.25, -0.2) is 9.78 Å². The van der Waals surface area contributed by atoms with Gasteiger partial charge in [-0.15, -0.1) is 0 Å². The van der Waals surface area contributed by atoms with Crippen LogP contribution < -0.4 is 4.90 Å². The fourth-order valence-corrected chi connectivity index (χ4v) is 3.44. The molecule has 128 valence electrons. The van der Waals surface area contributed by atoms with E-state index in [0.717, 1.165) is 50.5 Å². The number of aromatic nitrogens is 3. The highest BCUT2D eigenvalue weighted by Crippen LogP contribution is 2.26. The summed E-state index contributed by atoms with van der Waals surface area (Å²) in [7, 11) is 1.83. The van der Waals surface area contributed by atoms with Crippen LogP contribution in [-0.4, -0.2) is 63.8 Å². The van der Waals surface area contributed by atoms with Gasteiger partial charge in [-0.1, -0.05) is 0 Å². The number of likely N-dealkylation sites (tertiary alicyclic amines) is 1. The van der Waals surface area contributed by atoms with Crippen LogP contribution in [0.15, 0.2) is 23.1 Å². The molecule has 0 N–H and O–H groups in total. The first kappa shape index (κ1) is 15.2. The maximum Gasteiger partial charge on any atom is 0.324 e. The smallest absolute Gasteiger partial charge is 0.324 e. The number of hydrogen-bond donors (Lipinski definition) is 0. The Morgan fingerprint density at radius 1 is 1.33 bits per heavy atom. The van der Waals surface area contributed by atoms with Crippen LogP contribution in [0.4, 0.5) is 10.5 Å². The summed E-state index contributed by atoms with van der Waals surface area (Å²) >= 11 is 0. The van der Waals surface area contributed by atoms with E-state index in [-0.39, 0.29) is 6.03 Å². The molecular weight excluding hydrogens is 308 g/mol. The van der Waals surface area contributed by atoms with Gasteiger partial charge < -0.3 is 9.32 Å². The average molecular weight is 330 g/mol. The predicted molar refractivity (Wildman–Crippen MR) is 87.8 cm³/mol. The second-order valence-electron chi connectivity index (χ2n) is 6.57. The van der Waals surface area contributed by atoms with Gasteiger partial charge in [0.1, 0.15) is 6.26 Å². The summed E-state index contributed by atoms with van der Waals surface area (Å²) in [4.78, 5) is 22.3. The molecule has 0 spiro atoms. The van der Waals surface area contributed by atoms with Gasteiger partial charge >= 0.3 is 6.03 Å². The van der Waals surface area contributed by atoms with Gasteiger partial charge in [0.25, 0.3) is 0 Å². The van der Waals surface area contributed by atoms with Crippen molar-refractivity contribution >= 4 is 11.7 Å². The first-order valence-corrected chi connectivity index (χ1v) is 8.30. The number of amides is 2. The molecule has 2 saturated heterocycles. The number of likely N-dealkylation sites (N-methyl/N-ethyl adjacent to an activating group) is 1. The third-order valence-electron chi connectivity index (χ3n) is 4.79. The van der Waals surface area contributed by atoms with Crippen molar-refractivity contribution in [3.05, 3.63) is 30.2 Å². The van der Waals surface area contributed by atoms with Crippen molar-refractivity contribution in [1.82, 2.24) is 24.6 Å². The number of carbonyl (C=O) groups excluding carboxylic acids is 1. The van der Waals surface area contributed by atoms with E-state index in [1.54, 1.807) is 22.3 Å². The molecule has 4 rings (SSSR count). The largest absolute Gasteiger partial charge is 0.449 e. The van der Waals surface area contributed by atoms with E-state index in [0.29, 0.717) is 11.9 Å². The van der Waals surface area contributed by atoms with Gasteiger partial charge in [-0.05, 0) is 6.42 Å². The lowest BCUT2D eigenvalue weighted by Crippen LogP contribution is -2.28. The standard InChI is InChI=1S/C16H22N6O2/c1-12-18-13(11-24-12)8-20-4-3-14(9-20)22-10-15(7-17-22)21-6-5-19(2)16(21)23/h7,10-11,14H,3-6,8-9H2,1-2H3. The SMILES string of the molecule is Cc1nc(CN2CCC(n3cc(N4CCN(C)C4=O)cn3)C2)co1. The zero-order valence-corrected chi connectivity index (χ0v) is 14.1. The highest BCUT2D eigenvalue weighted by atomic mass is 16.3.